The number of benzene rings is 1. The molecule has 2 aromatic rings. The predicted octanol–water partition coefficient (Wildman–Crippen LogP) is 2.78. The third-order valence-electron chi connectivity index (χ3n) is 2.40. The summed E-state index contributed by atoms with van der Waals surface area (Å²) in [6.07, 6.45) is 2.57. The Labute approximate surface area is 92.4 Å². The zero-order valence-corrected chi connectivity index (χ0v) is 8.97. The maximum atomic E-state index is 13.6. The van der Waals surface area contributed by atoms with E-state index in [-0.39, 0.29) is 5.82 Å². The van der Waals surface area contributed by atoms with Crippen LogP contribution in [0.15, 0.2) is 24.4 Å². The van der Waals surface area contributed by atoms with E-state index >= 15 is 0 Å². The Morgan fingerprint density at radius 3 is 2.93 bits per heavy atom. The SMILES string of the molecule is NCCCn1cc(Cl)c2cccc(F)c21. The van der Waals surface area contributed by atoms with E-state index < -0.39 is 0 Å². The standard InChI is InChI=1S/C11H12ClFN2/c12-9-7-15(6-2-5-14)11-8(9)3-1-4-10(11)13/h1,3-4,7H,2,5-6,14H2. The summed E-state index contributed by atoms with van der Waals surface area (Å²) in [5, 5.41) is 1.34. The van der Waals surface area contributed by atoms with E-state index in [0.29, 0.717) is 23.6 Å². The monoisotopic (exact) mass is 226 g/mol. The van der Waals surface area contributed by atoms with Crippen molar-refractivity contribution in [2.45, 2.75) is 13.0 Å². The van der Waals surface area contributed by atoms with Gasteiger partial charge in [0.15, 0.2) is 0 Å². The summed E-state index contributed by atoms with van der Waals surface area (Å²) in [5.74, 6) is -0.239. The molecule has 1 aromatic heterocycles. The van der Waals surface area contributed by atoms with E-state index in [0.717, 1.165) is 11.8 Å². The molecule has 0 fully saturated rings. The van der Waals surface area contributed by atoms with Crippen LogP contribution in [0.3, 0.4) is 0 Å². The van der Waals surface area contributed by atoms with Gasteiger partial charge < -0.3 is 10.3 Å². The maximum absolute atomic E-state index is 13.6. The summed E-state index contributed by atoms with van der Waals surface area (Å²) in [6, 6.07) is 4.92. The number of aromatic nitrogens is 1. The smallest absolute Gasteiger partial charge is 0.147 e. The fraction of sp³-hybridized carbons (Fsp3) is 0.273. The first-order valence-corrected chi connectivity index (χ1v) is 5.24. The third-order valence-corrected chi connectivity index (χ3v) is 2.70. The number of nitrogens with two attached hydrogens (primary N) is 1. The van der Waals surface area contributed by atoms with Crippen molar-refractivity contribution in [3.05, 3.63) is 35.2 Å². The van der Waals surface area contributed by atoms with Gasteiger partial charge in [0.25, 0.3) is 0 Å². The molecular formula is C11H12ClFN2. The Kier molecular flexibility index (Phi) is 2.93. The molecule has 0 spiro atoms. The van der Waals surface area contributed by atoms with Crippen LogP contribution in [0.2, 0.25) is 5.02 Å². The minimum Gasteiger partial charge on any atom is -0.344 e. The van der Waals surface area contributed by atoms with E-state index in [1.807, 2.05) is 10.6 Å². The highest BCUT2D eigenvalue weighted by molar-refractivity contribution is 6.35. The van der Waals surface area contributed by atoms with Gasteiger partial charge >= 0.3 is 0 Å². The Morgan fingerprint density at radius 1 is 1.40 bits per heavy atom. The van der Waals surface area contributed by atoms with Gasteiger partial charge in [0.1, 0.15) is 5.82 Å². The Bertz CT molecular complexity index is 479. The van der Waals surface area contributed by atoms with Gasteiger partial charge in [0.05, 0.1) is 10.5 Å². The molecular weight excluding hydrogens is 215 g/mol. The van der Waals surface area contributed by atoms with E-state index in [1.54, 1.807) is 12.3 Å². The summed E-state index contributed by atoms with van der Waals surface area (Å²) < 4.78 is 15.4. The van der Waals surface area contributed by atoms with Crippen molar-refractivity contribution in [3.63, 3.8) is 0 Å². The fourth-order valence-electron chi connectivity index (χ4n) is 1.71. The molecule has 0 bridgehead atoms. The molecule has 1 aromatic carbocycles. The number of para-hydroxylation sites is 1. The molecule has 0 aliphatic carbocycles. The van der Waals surface area contributed by atoms with Crippen molar-refractivity contribution in [2.75, 3.05) is 6.54 Å². The van der Waals surface area contributed by atoms with Gasteiger partial charge in [0.2, 0.25) is 0 Å². The van der Waals surface area contributed by atoms with Crippen molar-refractivity contribution >= 4 is 22.5 Å². The molecule has 15 heavy (non-hydrogen) atoms. The van der Waals surface area contributed by atoms with Crippen molar-refractivity contribution in [1.29, 1.82) is 0 Å². The highest BCUT2D eigenvalue weighted by Gasteiger charge is 2.09. The number of hydrogen-bond donors (Lipinski definition) is 1. The van der Waals surface area contributed by atoms with Crippen LogP contribution < -0.4 is 5.73 Å². The number of fused-ring (bicyclic) bond motifs is 1. The summed E-state index contributed by atoms with van der Waals surface area (Å²) in [7, 11) is 0. The normalized spacial score (nSPS) is 11.1. The molecule has 4 heteroatoms. The van der Waals surface area contributed by atoms with E-state index in [9.17, 15) is 4.39 Å². The molecule has 2 nitrogen and oxygen atoms in total. The van der Waals surface area contributed by atoms with Crippen molar-refractivity contribution in [1.82, 2.24) is 4.57 Å². The summed E-state index contributed by atoms with van der Waals surface area (Å²) in [4.78, 5) is 0. The van der Waals surface area contributed by atoms with Gasteiger partial charge in [-0.1, -0.05) is 23.7 Å². The minimum absolute atomic E-state index is 0.239. The molecule has 1 heterocycles. The zero-order valence-electron chi connectivity index (χ0n) is 8.21. The molecule has 0 saturated heterocycles. The lowest BCUT2D eigenvalue weighted by atomic mass is 10.2. The van der Waals surface area contributed by atoms with Gasteiger partial charge in [-0.05, 0) is 19.0 Å². The molecule has 0 atom stereocenters. The first-order valence-electron chi connectivity index (χ1n) is 4.87. The van der Waals surface area contributed by atoms with Crippen LogP contribution in [0.1, 0.15) is 6.42 Å². The average molecular weight is 227 g/mol. The molecule has 80 valence electrons. The highest BCUT2D eigenvalue weighted by Crippen LogP contribution is 2.27. The molecule has 0 amide bonds. The lowest BCUT2D eigenvalue weighted by Crippen LogP contribution is -2.05. The Hall–Kier alpha value is -1.06. The second kappa shape index (κ2) is 4.21. The van der Waals surface area contributed by atoms with Crippen LogP contribution in [0.4, 0.5) is 4.39 Å². The fourth-order valence-corrected chi connectivity index (χ4v) is 1.98. The van der Waals surface area contributed by atoms with Crippen LogP contribution >= 0.6 is 11.6 Å². The van der Waals surface area contributed by atoms with Crippen LogP contribution in [-0.2, 0) is 6.54 Å². The zero-order chi connectivity index (χ0) is 10.8. The quantitative estimate of drug-likeness (QED) is 0.857. The number of rotatable bonds is 3. The van der Waals surface area contributed by atoms with Crippen LogP contribution in [0, 0.1) is 5.82 Å². The van der Waals surface area contributed by atoms with Crippen LogP contribution in [0.5, 0.6) is 0 Å². The van der Waals surface area contributed by atoms with Crippen LogP contribution in [-0.4, -0.2) is 11.1 Å². The predicted molar refractivity (Wildman–Crippen MR) is 60.6 cm³/mol. The van der Waals surface area contributed by atoms with Crippen LogP contribution in [0.25, 0.3) is 10.9 Å². The first kappa shape index (κ1) is 10.5. The van der Waals surface area contributed by atoms with Gasteiger partial charge in [-0.2, -0.15) is 0 Å². The number of nitrogens with zero attached hydrogens (tertiary/aromatic N) is 1. The van der Waals surface area contributed by atoms with Gasteiger partial charge in [-0.15, -0.1) is 0 Å². The highest BCUT2D eigenvalue weighted by atomic mass is 35.5. The average Bonchev–Trinajstić information content (AvgIpc) is 2.55. The second-order valence-electron chi connectivity index (χ2n) is 3.45. The molecule has 0 aliphatic rings. The molecule has 2 rings (SSSR count). The van der Waals surface area contributed by atoms with Gasteiger partial charge in [0, 0.05) is 18.1 Å². The number of hydrogen-bond acceptors (Lipinski definition) is 1. The maximum Gasteiger partial charge on any atom is 0.147 e. The lowest BCUT2D eigenvalue weighted by Gasteiger charge is -2.03. The van der Waals surface area contributed by atoms with Gasteiger partial charge in [-0.25, -0.2) is 4.39 Å². The Balaban J connectivity index is 2.54. The number of aryl methyl sites for hydroxylation is 1. The first-order chi connectivity index (χ1) is 7.24. The third kappa shape index (κ3) is 1.85. The number of halogens is 2. The van der Waals surface area contributed by atoms with E-state index in [2.05, 4.69) is 0 Å². The molecule has 0 saturated carbocycles. The molecule has 0 unspecified atom stereocenters. The molecule has 0 aliphatic heterocycles. The summed E-state index contributed by atoms with van der Waals surface area (Å²) in [6.45, 7) is 1.28. The van der Waals surface area contributed by atoms with Crippen molar-refractivity contribution in [3.8, 4) is 0 Å². The largest absolute Gasteiger partial charge is 0.344 e. The van der Waals surface area contributed by atoms with E-state index in [1.165, 1.54) is 6.07 Å². The van der Waals surface area contributed by atoms with Gasteiger partial charge in [-0.3, -0.25) is 0 Å². The summed E-state index contributed by atoms with van der Waals surface area (Å²) in [5.41, 5.74) is 5.99. The van der Waals surface area contributed by atoms with Crippen molar-refractivity contribution in [2.24, 2.45) is 5.73 Å². The molecule has 0 radical (unpaired) electrons. The minimum atomic E-state index is -0.239. The van der Waals surface area contributed by atoms with E-state index in [4.69, 9.17) is 17.3 Å². The lowest BCUT2D eigenvalue weighted by molar-refractivity contribution is 0.613. The second-order valence-corrected chi connectivity index (χ2v) is 3.86. The molecule has 2 N–H and O–H groups in total. The topological polar surface area (TPSA) is 30.9 Å². The summed E-state index contributed by atoms with van der Waals surface area (Å²) >= 11 is 6.01. The van der Waals surface area contributed by atoms with Crippen molar-refractivity contribution < 1.29 is 4.39 Å². The Morgan fingerprint density at radius 2 is 2.20 bits per heavy atom.